The molecule has 0 bridgehead atoms. The number of benzene rings is 2. The molecule has 0 aliphatic carbocycles. The molecule has 0 saturated heterocycles. The van der Waals surface area contributed by atoms with Gasteiger partial charge in [0.05, 0.1) is 36.8 Å². The number of ether oxygens (including phenoxy) is 3. The van der Waals surface area contributed by atoms with Crippen molar-refractivity contribution in [2.75, 3.05) is 25.6 Å². The zero-order valence-electron chi connectivity index (χ0n) is 15.5. The number of methoxy groups -OCH3 is 1. The van der Waals surface area contributed by atoms with Crippen LogP contribution in [0.25, 0.3) is 0 Å². The maximum atomic E-state index is 11.9. The molecule has 28 heavy (non-hydrogen) atoms. The number of amides is 1. The number of hydrogen-bond acceptors (Lipinski definition) is 7. The van der Waals surface area contributed by atoms with Crippen LogP contribution in [0.1, 0.15) is 12.0 Å². The number of aryl methyl sites for hydroxylation is 1. The van der Waals surface area contributed by atoms with Gasteiger partial charge in [-0.15, -0.1) is 0 Å². The van der Waals surface area contributed by atoms with Crippen LogP contribution in [0.4, 0.5) is 11.4 Å². The van der Waals surface area contributed by atoms with E-state index in [-0.39, 0.29) is 30.2 Å². The Hall–Kier alpha value is -3.62. The largest absolute Gasteiger partial charge is 0.494 e. The van der Waals surface area contributed by atoms with E-state index in [0.29, 0.717) is 5.75 Å². The summed E-state index contributed by atoms with van der Waals surface area (Å²) >= 11 is 0. The SMILES string of the molecule is COc1cc([N+](=O)[O-])ccc1NC(=O)COC(=O)CCOc1cccc(C)c1. The number of hydrogen-bond donors (Lipinski definition) is 1. The van der Waals surface area contributed by atoms with E-state index < -0.39 is 23.4 Å². The minimum atomic E-state index is -0.597. The molecule has 9 nitrogen and oxygen atoms in total. The van der Waals surface area contributed by atoms with Crippen LogP contribution in [0, 0.1) is 17.0 Å². The third-order valence-corrected chi connectivity index (χ3v) is 3.60. The maximum Gasteiger partial charge on any atom is 0.309 e. The van der Waals surface area contributed by atoms with E-state index in [1.54, 1.807) is 6.07 Å². The average molecular weight is 388 g/mol. The third-order valence-electron chi connectivity index (χ3n) is 3.60. The van der Waals surface area contributed by atoms with Gasteiger partial charge in [-0.05, 0) is 30.7 Å². The number of rotatable bonds is 9. The minimum absolute atomic E-state index is 0.0118. The lowest BCUT2D eigenvalue weighted by Gasteiger charge is -2.10. The van der Waals surface area contributed by atoms with Gasteiger partial charge in [0.2, 0.25) is 0 Å². The molecule has 2 aromatic carbocycles. The van der Waals surface area contributed by atoms with Gasteiger partial charge in [0.15, 0.2) is 6.61 Å². The van der Waals surface area contributed by atoms with Gasteiger partial charge in [0, 0.05) is 6.07 Å². The third kappa shape index (κ3) is 6.27. The molecule has 0 saturated carbocycles. The molecule has 0 aromatic heterocycles. The quantitative estimate of drug-likeness (QED) is 0.399. The second-order valence-corrected chi connectivity index (χ2v) is 5.77. The van der Waals surface area contributed by atoms with E-state index >= 15 is 0 Å². The highest BCUT2D eigenvalue weighted by Gasteiger charge is 2.14. The van der Waals surface area contributed by atoms with E-state index in [9.17, 15) is 19.7 Å². The summed E-state index contributed by atoms with van der Waals surface area (Å²) in [5, 5.41) is 13.2. The van der Waals surface area contributed by atoms with Crippen molar-refractivity contribution in [3.63, 3.8) is 0 Å². The molecule has 0 fully saturated rings. The molecule has 0 spiro atoms. The van der Waals surface area contributed by atoms with Crippen molar-refractivity contribution in [2.45, 2.75) is 13.3 Å². The number of esters is 1. The maximum absolute atomic E-state index is 11.9. The summed E-state index contributed by atoms with van der Waals surface area (Å²) < 4.78 is 15.4. The average Bonchev–Trinajstić information content (AvgIpc) is 2.66. The van der Waals surface area contributed by atoms with Gasteiger partial charge in [-0.2, -0.15) is 0 Å². The van der Waals surface area contributed by atoms with Gasteiger partial charge in [-0.1, -0.05) is 12.1 Å². The van der Waals surface area contributed by atoms with Crippen molar-refractivity contribution < 1.29 is 28.7 Å². The summed E-state index contributed by atoms with van der Waals surface area (Å²) in [6, 6.07) is 11.2. The van der Waals surface area contributed by atoms with Crippen molar-refractivity contribution in [2.24, 2.45) is 0 Å². The molecule has 0 aliphatic heterocycles. The highest BCUT2D eigenvalue weighted by Crippen LogP contribution is 2.28. The minimum Gasteiger partial charge on any atom is -0.494 e. The molecule has 0 heterocycles. The van der Waals surface area contributed by atoms with Gasteiger partial charge in [-0.3, -0.25) is 19.7 Å². The monoisotopic (exact) mass is 388 g/mol. The van der Waals surface area contributed by atoms with Crippen LogP contribution >= 0.6 is 0 Å². The van der Waals surface area contributed by atoms with Gasteiger partial charge < -0.3 is 19.5 Å². The Morgan fingerprint density at radius 3 is 2.64 bits per heavy atom. The summed E-state index contributed by atoms with van der Waals surface area (Å²) in [5.74, 6) is -0.408. The van der Waals surface area contributed by atoms with Crippen LogP contribution in [0.3, 0.4) is 0 Å². The molecule has 0 aliphatic rings. The fraction of sp³-hybridized carbons (Fsp3) is 0.263. The van der Waals surface area contributed by atoms with E-state index in [0.717, 1.165) is 5.56 Å². The number of nitrogens with one attached hydrogen (secondary N) is 1. The standard InChI is InChI=1S/C19H20N2O7/c1-13-4-3-5-15(10-13)27-9-8-19(23)28-12-18(22)20-16-7-6-14(21(24)25)11-17(16)26-2/h3-7,10-11H,8-9,12H2,1-2H3,(H,20,22). The van der Waals surface area contributed by atoms with Crippen LogP contribution in [0.2, 0.25) is 0 Å². The van der Waals surface area contributed by atoms with Crippen molar-refractivity contribution in [3.8, 4) is 11.5 Å². The number of anilines is 1. The number of carbonyl (C=O) groups is 2. The first kappa shape index (κ1) is 20.7. The van der Waals surface area contributed by atoms with Crippen molar-refractivity contribution in [3.05, 3.63) is 58.1 Å². The van der Waals surface area contributed by atoms with E-state index in [1.807, 2.05) is 25.1 Å². The predicted molar refractivity (Wildman–Crippen MR) is 101 cm³/mol. The molecule has 1 N–H and O–H groups in total. The first-order valence-electron chi connectivity index (χ1n) is 8.36. The fourth-order valence-corrected chi connectivity index (χ4v) is 2.26. The lowest BCUT2D eigenvalue weighted by atomic mass is 10.2. The molecule has 0 atom stereocenters. The summed E-state index contributed by atoms with van der Waals surface area (Å²) in [6.07, 6.45) is -0.0118. The van der Waals surface area contributed by atoms with E-state index in [4.69, 9.17) is 14.2 Å². The highest BCUT2D eigenvalue weighted by atomic mass is 16.6. The van der Waals surface area contributed by atoms with Gasteiger partial charge in [0.25, 0.3) is 11.6 Å². The van der Waals surface area contributed by atoms with Gasteiger partial charge in [0.1, 0.15) is 11.5 Å². The number of non-ortho nitro benzene ring substituents is 1. The van der Waals surface area contributed by atoms with Gasteiger partial charge in [-0.25, -0.2) is 0 Å². The lowest BCUT2D eigenvalue weighted by Crippen LogP contribution is -2.22. The Balaban J connectivity index is 1.77. The van der Waals surface area contributed by atoms with E-state index in [2.05, 4.69) is 5.32 Å². The molecule has 2 rings (SSSR count). The van der Waals surface area contributed by atoms with Crippen LogP contribution in [0.15, 0.2) is 42.5 Å². The Bertz CT molecular complexity index is 867. The van der Waals surface area contributed by atoms with Crippen molar-refractivity contribution >= 4 is 23.3 Å². The molecule has 0 unspecified atom stereocenters. The molecule has 2 aromatic rings. The van der Waals surface area contributed by atoms with Crippen LogP contribution in [0.5, 0.6) is 11.5 Å². The summed E-state index contributed by atoms with van der Waals surface area (Å²) in [6.45, 7) is 1.56. The van der Waals surface area contributed by atoms with Crippen molar-refractivity contribution in [1.29, 1.82) is 0 Å². The molecular formula is C19H20N2O7. The summed E-state index contributed by atoms with van der Waals surface area (Å²) in [4.78, 5) is 33.8. The number of nitro groups is 1. The smallest absolute Gasteiger partial charge is 0.309 e. The Morgan fingerprint density at radius 1 is 1.18 bits per heavy atom. The number of nitro benzene ring substituents is 1. The second kappa shape index (κ2) is 9.91. The summed E-state index contributed by atoms with van der Waals surface area (Å²) in [5.41, 5.74) is 1.10. The molecule has 9 heteroatoms. The van der Waals surface area contributed by atoms with Crippen LogP contribution < -0.4 is 14.8 Å². The normalized spacial score (nSPS) is 10.1. The van der Waals surface area contributed by atoms with Gasteiger partial charge >= 0.3 is 5.97 Å². The predicted octanol–water partition coefficient (Wildman–Crippen LogP) is 2.86. The molecular weight excluding hydrogens is 368 g/mol. The summed E-state index contributed by atoms with van der Waals surface area (Å²) in [7, 11) is 1.32. The van der Waals surface area contributed by atoms with E-state index in [1.165, 1.54) is 25.3 Å². The number of carbonyl (C=O) groups excluding carboxylic acids is 2. The molecule has 148 valence electrons. The Morgan fingerprint density at radius 2 is 1.96 bits per heavy atom. The molecule has 0 radical (unpaired) electrons. The highest BCUT2D eigenvalue weighted by molar-refractivity contribution is 5.94. The fourth-order valence-electron chi connectivity index (χ4n) is 2.26. The van der Waals surface area contributed by atoms with Crippen LogP contribution in [-0.2, 0) is 14.3 Å². The zero-order chi connectivity index (χ0) is 20.5. The number of nitrogens with zero attached hydrogens (tertiary/aromatic N) is 1. The zero-order valence-corrected chi connectivity index (χ0v) is 15.5. The first-order valence-corrected chi connectivity index (χ1v) is 8.36. The topological polar surface area (TPSA) is 117 Å². The second-order valence-electron chi connectivity index (χ2n) is 5.77. The Kier molecular flexibility index (Phi) is 7.32. The molecule has 1 amide bonds. The van der Waals surface area contributed by atoms with Crippen molar-refractivity contribution in [1.82, 2.24) is 0 Å². The first-order chi connectivity index (χ1) is 13.4. The lowest BCUT2D eigenvalue weighted by molar-refractivity contribution is -0.384. The Labute approximate surface area is 161 Å². The van der Waals surface area contributed by atoms with Crippen LogP contribution in [-0.4, -0.2) is 37.1 Å².